The number of esters is 1. The van der Waals surface area contributed by atoms with Crippen molar-refractivity contribution in [3.05, 3.63) is 122 Å². The van der Waals surface area contributed by atoms with Crippen molar-refractivity contribution in [2.45, 2.75) is 251 Å². The van der Waals surface area contributed by atoms with E-state index in [-0.39, 0.29) is 31.3 Å². The molecule has 440 valence electrons. The molecule has 0 heterocycles. The van der Waals surface area contributed by atoms with Crippen LogP contribution >= 0.6 is 7.82 Å². The second-order valence-electron chi connectivity index (χ2n) is 21.4. The van der Waals surface area contributed by atoms with Crippen molar-refractivity contribution < 1.29 is 37.3 Å². The Bertz CT molecular complexity index is 1730. The number of carbonyl (C=O) groups excluding carboxylic acids is 2. The molecule has 0 radical (unpaired) electrons. The largest absolute Gasteiger partial charge is 0.756 e. The van der Waals surface area contributed by atoms with Crippen molar-refractivity contribution in [1.29, 1.82) is 0 Å². The summed E-state index contributed by atoms with van der Waals surface area (Å²) >= 11 is 0. The molecule has 0 rings (SSSR count). The quantitative estimate of drug-likeness (QED) is 0.0212. The van der Waals surface area contributed by atoms with E-state index in [9.17, 15) is 19.0 Å². The van der Waals surface area contributed by atoms with E-state index in [4.69, 9.17) is 13.8 Å². The van der Waals surface area contributed by atoms with Crippen LogP contribution in [0.4, 0.5) is 0 Å². The highest BCUT2D eigenvalue weighted by Crippen LogP contribution is 2.38. The lowest BCUT2D eigenvalue weighted by Crippen LogP contribution is -2.47. The number of nitrogens with zero attached hydrogens (tertiary/aromatic N) is 1. The van der Waals surface area contributed by atoms with E-state index in [0.29, 0.717) is 23.9 Å². The molecule has 0 aromatic carbocycles. The van der Waals surface area contributed by atoms with Gasteiger partial charge in [-0.3, -0.25) is 14.2 Å². The van der Waals surface area contributed by atoms with E-state index < -0.39 is 26.6 Å². The topological polar surface area (TPSA) is 114 Å². The van der Waals surface area contributed by atoms with Crippen LogP contribution in [-0.4, -0.2) is 69.4 Å². The summed E-state index contributed by atoms with van der Waals surface area (Å²) in [5, 5.41) is 3.00. The van der Waals surface area contributed by atoms with Gasteiger partial charge < -0.3 is 28.5 Å². The summed E-state index contributed by atoms with van der Waals surface area (Å²) in [5.41, 5.74) is 0. The van der Waals surface area contributed by atoms with Crippen molar-refractivity contribution >= 4 is 19.7 Å². The van der Waals surface area contributed by atoms with Gasteiger partial charge in [0.15, 0.2) is 0 Å². The minimum Gasteiger partial charge on any atom is -0.756 e. The zero-order valence-corrected chi connectivity index (χ0v) is 51.0. The second kappa shape index (κ2) is 55.7. The number of allylic oxidation sites excluding steroid dienone is 19. The minimum absolute atomic E-state index is 0.0372. The van der Waals surface area contributed by atoms with Crippen molar-refractivity contribution in [3.63, 3.8) is 0 Å². The Morgan fingerprint density at radius 3 is 1.26 bits per heavy atom. The maximum atomic E-state index is 13.5. The summed E-state index contributed by atoms with van der Waals surface area (Å²) in [6.07, 6.45) is 77.4. The predicted molar refractivity (Wildman–Crippen MR) is 330 cm³/mol. The summed E-state index contributed by atoms with van der Waals surface area (Å²) in [4.78, 5) is 40.0. The summed E-state index contributed by atoms with van der Waals surface area (Å²) < 4.78 is 30.3. The van der Waals surface area contributed by atoms with Gasteiger partial charge in [0, 0.05) is 12.8 Å². The van der Waals surface area contributed by atoms with Gasteiger partial charge in [0.25, 0.3) is 7.82 Å². The first-order valence-corrected chi connectivity index (χ1v) is 32.3. The van der Waals surface area contributed by atoms with Crippen LogP contribution in [0.25, 0.3) is 0 Å². The first-order valence-electron chi connectivity index (χ1n) is 30.8. The highest BCUT2D eigenvalue weighted by atomic mass is 31.2. The van der Waals surface area contributed by atoms with Crippen LogP contribution in [-0.2, 0) is 27.9 Å². The Hall–Kier alpha value is -3.59. The number of amides is 1. The molecular formula is C67H115N2O7P. The normalized spacial score (nSPS) is 14.5. The van der Waals surface area contributed by atoms with Crippen molar-refractivity contribution in [3.8, 4) is 0 Å². The zero-order valence-electron chi connectivity index (χ0n) is 50.1. The molecule has 0 aliphatic heterocycles. The van der Waals surface area contributed by atoms with Crippen LogP contribution in [0.15, 0.2) is 122 Å². The molecule has 0 saturated heterocycles. The highest BCUT2D eigenvalue weighted by Gasteiger charge is 2.27. The van der Waals surface area contributed by atoms with Crippen molar-refractivity contribution in [2.75, 3.05) is 40.9 Å². The van der Waals surface area contributed by atoms with Crippen LogP contribution < -0.4 is 10.2 Å². The summed E-state index contributed by atoms with van der Waals surface area (Å²) in [5.74, 6) is -0.598. The van der Waals surface area contributed by atoms with E-state index in [0.717, 1.165) is 122 Å². The summed E-state index contributed by atoms with van der Waals surface area (Å²) in [7, 11) is 1.14. The van der Waals surface area contributed by atoms with Gasteiger partial charge in [-0.15, -0.1) is 0 Å². The van der Waals surface area contributed by atoms with Gasteiger partial charge in [-0.1, -0.05) is 233 Å². The smallest absolute Gasteiger partial charge is 0.306 e. The van der Waals surface area contributed by atoms with Crippen LogP contribution in [0.2, 0.25) is 0 Å². The molecule has 77 heavy (non-hydrogen) atoms. The van der Waals surface area contributed by atoms with Gasteiger partial charge in [0.1, 0.15) is 19.3 Å². The maximum Gasteiger partial charge on any atom is 0.306 e. The van der Waals surface area contributed by atoms with Crippen LogP contribution in [0.5, 0.6) is 0 Å². The van der Waals surface area contributed by atoms with E-state index in [1.54, 1.807) is 0 Å². The molecule has 0 fully saturated rings. The van der Waals surface area contributed by atoms with E-state index >= 15 is 0 Å². The molecule has 9 nitrogen and oxygen atoms in total. The van der Waals surface area contributed by atoms with Gasteiger partial charge in [-0.25, -0.2) is 0 Å². The van der Waals surface area contributed by atoms with E-state index in [1.807, 2.05) is 33.3 Å². The minimum atomic E-state index is -4.72. The average Bonchev–Trinajstić information content (AvgIpc) is 3.39. The molecule has 3 atom stereocenters. The first kappa shape index (κ1) is 73.4. The average molecular weight is 1090 g/mol. The number of ether oxygens (including phenoxy) is 1. The number of rotatable bonds is 54. The molecule has 0 aromatic rings. The fourth-order valence-electron chi connectivity index (χ4n) is 8.19. The number of phosphoric acid groups is 1. The van der Waals surface area contributed by atoms with Crippen molar-refractivity contribution in [1.82, 2.24) is 5.32 Å². The number of likely N-dealkylation sites (N-methyl/N-ethyl adjacent to an activating group) is 1. The summed E-state index contributed by atoms with van der Waals surface area (Å²) in [6, 6.07) is -0.918. The lowest BCUT2D eigenvalue weighted by Gasteiger charge is -2.30. The SMILES string of the molecule is CC/C=C\C/C=C\C/C=C\C/C=C\C/C=C\CCCCCCCCCC(=O)OC(/C=C\CCCCCCCCCCCC)C(COP(=O)([O-])OCC[N+](C)(C)C)NC(=O)CCCCC/C=C/C/C=C/C/C=C/C/C=C/CC. The lowest BCUT2D eigenvalue weighted by atomic mass is 10.0. The molecule has 0 aromatic heterocycles. The third-order valence-electron chi connectivity index (χ3n) is 12.9. The number of quaternary nitrogens is 1. The summed E-state index contributed by atoms with van der Waals surface area (Å²) in [6.45, 7) is 6.56. The lowest BCUT2D eigenvalue weighted by molar-refractivity contribution is -0.870. The molecule has 3 unspecified atom stereocenters. The molecule has 10 heteroatoms. The Morgan fingerprint density at radius 2 is 0.831 bits per heavy atom. The van der Waals surface area contributed by atoms with Crippen LogP contribution in [0.1, 0.15) is 239 Å². The standard InChI is InChI=1S/C67H115N2O7P/c1-7-10-13-16-19-22-25-28-30-32-33-34-35-36-37-38-40-42-45-48-51-54-57-60-67(71)76-65(58-55-52-49-46-43-27-24-21-18-15-12-9-3)64(63-75-77(72,73)74-62-61-69(4,5)6)68-66(70)59-56-53-50-47-44-41-39-31-29-26-23-20-17-14-11-8-2/h10-11,13-14,19-20,22-23,28-31,33-34,36-37,41,44,55,58,64-65H,7-9,12,15-18,21,24-27,32,35,38-40,42-43,45-54,56-57,59-63H2,1-6H3,(H-,68,70,72,73)/b13-10-,14-11+,22-19-,23-20+,30-28-,31-29+,34-33-,37-36-,44-41+,58-55-. The molecule has 0 aliphatic rings. The van der Waals surface area contributed by atoms with Gasteiger partial charge in [0.05, 0.1) is 33.8 Å². The zero-order chi connectivity index (χ0) is 56.4. The van der Waals surface area contributed by atoms with E-state index in [2.05, 4.69) is 135 Å². The molecule has 0 bridgehead atoms. The molecular weight excluding hydrogens is 976 g/mol. The fourth-order valence-corrected chi connectivity index (χ4v) is 8.91. The predicted octanol–water partition coefficient (Wildman–Crippen LogP) is 18.5. The van der Waals surface area contributed by atoms with Gasteiger partial charge >= 0.3 is 5.97 Å². The molecule has 0 saturated carbocycles. The molecule has 0 spiro atoms. The Labute approximate surface area is 473 Å². The van der Waals surface area contributed by atoms with Crippen LogP contribution in [0.3, 0.4) is 0 Å². The number of nitrogens with one attached hydrogen (secondary N) is 1. The molecule has 0 aliphatic carbocycles. The number of phosphoric ester groups is 1. The highest BCUT2D eigenvalue weighted by molar-refractivity contribution is 7.45. The third-order valence-corrected chi connectivity index (χ3v) is 13.9. The van der Waals surface area contributed by atoms with Gasteiger partial charge in [0.2, 0.25) is 5.91 Å². The van der Waals surface area contributed by atoms with Gasteiger partial charge in [-0.05, 0) is 115 Å². The number of carbonyl (C=O) groups is 2. The number of hydrogen-bond donors (Lipinski definition) is 1. The van der Waals surface area contributed by atoms with E-state index in [1.165, 1.54) is 70.6 Å². The van der Waals surface area contributed by atoms with Gasteiger partial charge in [-0.2, -0.15) is 0 Å². The second-order valence-corrected chi connectivity index (χ2v) is 22.9. The first-order chi connectivity index (χ1) is 37.4. The number of hydrogen-bond acceptors (Lipinski definition) is 7. The molecule has 1 N–H and O–H groups in total. The monoisotopic (exact) mass is 1090 g/mol. The number of unbranched alkanes of at least 4 members (excludes halogenated alkanes) is 20. The van der Waals surface area contributed by atoms with Crippen molar-refractivity contribution in [2.24, 2.45) is 0 Å². The maximum absolute atomic E-state index is 13.5. The Balaban J connectivity index is 5.31. The Morgan fingerprint density at radius 1 is 0.468 bits per heavy atom. The molecule has 1 amide bonds. The third kappa shape index (κ3) is 56.9. The fraction of sp³-hybridized carbons (Fsp3) is 0.672. The Kier molecular flexibility index (Phi) is 53.1. The van der Waals surface area contributed by atoms with Crippen LogP contribution in [0, 0.1) is 0 Å².